The van der Waals surface area contributed by atoms with Crippen LogP contribution in [0.1, 0.15) is 41.4 Å². The average molecular weight is 510 g/mol. The Balaban J connectivity index is 1.22. The van der Waals surface area contributed by atoms with Gasteiger partial charge in [-0.05, 0) is 37.3 Å². The second kappa shape index (κ2) is 12.6. The number of rotatable bonds is 9. The number of β-amino-alcohol motifs (C(OH)–C–C–N with tert-alkyl or cyclic N) is 1. The summed E-state index contributed by atoms with van der Waals surface area (Å²) in [6.45, 7) is 5.13. The van der Waals surface area contributed by atoms with Crippen LogP contribution in [0.2, 0.25) is 0 Å². The number of anilines is 1. The van der Waals surface area contributed by atoms with Gasteiger partial charge in [0.05, 0.1) is 6.10 Å². The maximum absolute atomic E-state index is 12.7. The van der Waals surface area contributed by atoms with Crippen molar-refractivity contribution in [1.82, 2.24) is 25.1 Å². The third kappa shape index (κ3) is 7.23. The van der Waals surface area contributed by atoms with E-state index in [-0.39, 0.29) is 30.1 Å². The number of likely N-dealkylation sites (tertiary alicyclic amines) is 1. The smallest absolute Gasteiger partial charge is 0.271 e. The van der Waals surface area contributed by atoms with Gasteiger partial charge in [0.25, 0.3) is 11.8 Å². The lowest BCUT2D eigenvalue weighted by atomic mass is 10.00. The van der Waals surface area contributed by atoms with Crippen LogP contribution in [0.4, 0.5) is 5.82 Å². The van der Waals surface area contributed by atoms with Gasteiger partial charge in [0.2, 0.25) is 0 Å². The number of oxime groups is 1. The molecule has 3 N–H and O–H groups in total. The minimum absolute atomic E-state index is 0.117. The highest BCUT2D eigenvalue weighted by Crippen LogP contribution is 2.19. The maximum Gasteiger partial charge on any atom is 0.271 e. The number of piperidine rings is 1. The molecule has 0 bridgehead atoms. The van der Waals surface area contributed by atoms with Gasteiger partial charge < -0.3 is 25.5 Å². The van der Waals surface area contributed by atoms with Crippen molar-refractivity contribution in [1.29, 1.82) is 0 Å². The molecule has 1 atom stereocenters. The summed E-state index contributed by atoms with van der Waals surface area (Å²) in [6.07, 6.45) is 3.11. The van der Waals surface area contributed by atoms with Crippen molar-refractivity contribution in [3.8, 4) is 0 Å². The third-order valence-electron chi connectivity index (χ3n) is 6.75. The summed E-state index contributed by atoms with van der Waals surface area (Å²) in [6, 6.07) is 10.1. The van der Waals surface area contributed by atoms with E-state index < -0.39 is 6.10 Å². The molecule has 0 aliphatic carbocycles. The zero-order valence-electron chi connectivity index (χ0n) is 21.4. The fraction of sp³-hybridized carbons (Fsp3) is 0.500. The fourth-order valence-electron chi connectivity index (χ4n) is 4.77. The molecule has 2 amide bonds. The van der Waals surface area contributed by atoms with Crippen molar-refractivity contribution in [3.05, 3.63) is 53.5 Å². The molecule has 1 aromatic heterocycles. The first-order valence-electron chi connectivity index (χ1n) is 12.6. The lowest BCUT2D eigenvalue weighted by molar-refractivity contribution is -0.125. The number of aromatic nitrogens is 2. The van der Waals surface area contributed by atoms with E-state index in [1.165, 1.54) is 24.6 Å². The second-order valence-electron chi connectivity index (χ2n) is 9.48. The first-order chi connectivity index (χ1) is 17.9. The lowest BCUT2D eigenvalue weighted by Crippen LogP contribution is -2.44. The second-order valence-corrected chi connectivity index (χ2v) is 9.48. The van der Waals surface area contributed by atoms with Crippen molar-refractivity contribution in [3.63, 3.8) is 0 Å². The van der Waals surface area contributed by atoms with Gasteiger partial charge in [-0.1, -0.05) is 29.4 Å². The minimum atomic E-state index is -0.681. The van der Waals surface area contributed by atoms with Crippen LogP contribution in [0.5, 0.6) is 0 Å². The van der Waals surface area contributed by atoms with E-state index in [0.29, 0.717) is 31.2 Å². The summed E-state index contributed by atoms with van der Waals surface area (Å²) in [5.74, 6) is 0.0602. The van der Waals surface area contributed by atoms with Gasteiger partial charge in [-0.25, -0.2) is 9.97 Å². The van der Waals surface area contributed by atoms with E-state index in [4.69, 9.17) is 0 Å². The molecule has 1 fully saturated rings. The molecule has 1 aromatic carbocycles. The molecule has 2 aromatic rings. The van der Waals surface area contributed by atoms with Gasteiger partial charge in [0.1, 0.15) is 30.7 Å². The number of carbonyl (C=O) groups excluding carboxylic acids is 2. The number of nitrogens with zero attached hydrogens (tertiary/aromatic N) is 5. The summed E-state index contributed by atoms with van der Waals surface area (Å²) < 4.78 is 0. The Bertz CT molecular complexity index is 1120. The van der Waals surface area contributed by atoms with E-state index in [9.17, 15) is 14.7 Å². The minimum Gasteiger partial charge on any atom is -0.399 e. The molecule has 37 heavy (non-hydrogen) atoms. The van der Waals surface area contributed by atoms with Gasteiger partial charge in [-0.3, -0.25) is 14.5 Å². The summed E-state index contributed by atoms with van der Waals surface area (Å²) in [5.41, 5.74) is 3.21. The van der Waals surface area contributed by atoms with Gasteiger partial charge >= 0.3 is 0 Å². The van der Waals surface area contributed by atoms with E-state index in [0.717, 1.165) is 32.4 Å². The Hall–Kier alpha value is -3.57. The van der Waals surface area contributed by atoms with E-state index >= 15 is 0 Å². The zero-order chi connectivity index (χ0) is 26.2. The Morgan fingerprint density at radius 2 is 1.95 bits per heavy atom. The first kappa shape index (κ1) is 26.5. The van der Waals surface area contributed by atoms with Crippen LogP contribution in [0.3, 0.4) is 0 Å². The van der Waals surface area contributed by atoms with Crippen LogP contribution in [0, 0.1) is 0 Å². The number of amides is 2. The molecule has 1 saturated heterocycles. The van der Waals surface area contributed by atoms with E-state index in [1.54, 1.807) is 17.9 Å². The van der Waals surface area contributed by atoms with Crippen LogP contribution in [-0.4, -0.2) is 94.4 Å². The van der Waals surface area contributed by atoms with Gasteiger partial charge in [0, 0.05) is 51.4 Å². The van der Waals surface area contributed by atoms with E-state index in [1.807, 2.05) is 6.07 Å². The molecule has 0 radical (unpaired) electrons. The molecular formula is C26H35N7O4. The fourth-order valence-corrected chi connectivity index (χ4v) is 4.77. The molecule has 2 aliphatic heterocycles. The van der Waals surface area contributed by atoms with Crippen LogP contribution in [0.25, 0.3) is 0 Å². The Labute approximate surface area is 216 Å². The quantitative estimate of drug-likeness (QED) is 0.338. The molecular weight excluding hydrogens is 474 g/mol. The molecule has 0 spiro atoms. The molecule has 198 valence electrons. The molecule has 4 rings (SSSR count). The topological polar surface area (TPSA) is 132 Å². The molecule has 3 heterocycles. The van der Waals surface area contributed by atoms with Crippen LogP contribution in [-0.2, 0) is 22.6 Å². The number of aliphatic hydroxyl groups excluding tert-OH is 1. The summed E-state index contributed by atoms with van der Waals surface area (Å²) >= 11 is 0. The predicted molar refractivity (Wildman–Crippen MR) is 139 cm³/mol. The summed E-state index contributed by atoms with van der Waals surface area (Å²) in [4.78, 5) is 42.0. The van der Waals surface area contributed by atoms with E-state index in [2.05, 4.69) is 53.7 Å². The number of fused-ring (bicyclic) bond motifs is 1. The Morgan fingerprint density at radius 1 is 1.19 bits per heavy atom. The van der Waals surface area contributed by atoms with Crippen molar-refractivity contribution < 1.29 is 19.5 Å². The van der Waals surface area contributed by atoms with Gasteiger partial charge in [0.15, 0.2) is 0 Å². The normalized spacial score (nSPS) is 17.6. The van der Waals surface area contributed by atoms with Crippen molar-refractivity contribution in [2.24, 2.45) is 5.16 Å². The maximum atomic E-state index is 12.7. The Kier molecular flexibility index (Phi) is 9.02. The highest BCUT2D eigenvalue weighted by Gasteiger charge is 2.25. The average Bonchev–Trinajstić information content (AvgIpc) is 2.92. The predicted octanol–water partition coefficient (Wildman–Crippen LogP) is 1.05. The lowest BCUT2D eigenvalue weighted by Gasteiger charge is -2.32. The van der Waals surface area contributed by atoms with Gasteiger partial charge in [-0.2, -0.15) is 0 Å². The Morgan fingerprint density at radius 3 is 2.70 bits per heavy atom. The van der Waals surface area contributed by atoms with Crippen LogP contribution < -0.4 is 10.6 Å². The molecule has 11 heteroatoms. The van der Waals surface area contributed by atoms with Gasteiger partial charge in [-0.15, -0.1) is 0 Å². The summed E-state index contributed by atoms with van der Waals surface area (Å²) in [7, 11) is 1.42. The molecule has 0 unspecified atom stereocenters. The first-order valence-corrected chi connectivity index (χ1v) is 12.6. The number of carbonyl (C=O) groups is 2. The molecule has 2 aliphatic rings. The number of hydrogen-bond donors (Lipinski definition) is 3. The molecule has 11 nitrogen and oxygen atoms in total. The van der Waals surface area contributed by atoms with Crippen LogP contribution in [0.15, 0.2) is 41.8 Å². The van der Waals surface area contributed by atoms with Crippen molar-refractivity contribution in [2.45, 2.75) is 44.9 Å². The SMILES string of the molecule is CON=C(C)C(=O)N1CCC(Nc2cc(C(=O)NC[C@H](O)CN3CCc4ccccc4C3)ncn2)CC1. The van der Waals surface area contributed by atoms with Crippen LogP contribution >= 0.6 is 0 Å². The number of benzene rings is 1. The monoisotopic (exact) mass is 509 g/mol. The third-order valence-corrected chi connectivity index (χ3v) is 6.75. The van der Waals surface area contributed by atoms with Crippen molar-refractivity contribution in [2.75, 3.05) is 45.2 Å². The summed E-state index contributed by atoms with van der Waals surface area (Å²) in [5, 5.41) is 20.3. The molecule has 0 saturated carbocycles. The highest BCUT2D eigenvalue weighted by molar-refractivity contribution is 6.37. The largest absolute Gasteiger partial charge is 0.399 e. The number of aliphatic hydroxyl groups is 1. The number of nitrogens with one attached hydrogen (secondary N) is 2. The standard InChI is InChI=1S/C26H35N7O4/c1-18(31-37-2)26(36)33-11-8-21(9-12-33)30-24-13-23(28-17-29-24)25(35)27-14-22(34)16-32-10-7-19-5-3-4-6-20(19)15-32/h3-6,13,17,21-22,34H,7-12,14-16H2,1-2H3,(H,27,35)(H,28,29,30)/t22-/m0/s1. The highest BCUT2D eigenvalue weighted by atomic mass is 16.6. The number of hydrogen-bond acceptors (Lipinski definition) is 9. The zero-order valence-corrected chi connectivity index (χ0v) is 21.4. The van der Waals surface area contributed by atoms with Crippen molar-refractivity contribution >= 4 is 23.3 Å².